The van der Waals surface area contributed by atoms with Gasteiger partial charge in [0.1, 0.15) is 16.4 Å². The van der Waals surface area contributed by atoms with Crippen LogP contribution >= 0.6 is 0 Å². The van der Waals surface area contributed by atoms with Crippen molar-refractivity contribution in [1.82, 2.24) is 4.72 Å². The van der Waals surface area contributed by atoms with E-state index in [9.17, 15) is 18.6 Å². The maximum Gasteiger partial charge on any atom is 0.244 e. The molecule has 0 spiro atoms. The lowest BCUT2D eigenvalue weighted by Crippen LogP contribution is -2.31. The average molecular weight is 301 g/mol. The summed E-state index contributed by atoms with van der Waals surface area (Å²) in [6.07, 6.45) is 3.29. The van der Waals surface area contributed by atoms with E-state index in [-0.39, 0.29) is 16.7 Å². The fourth-order valence-corrected chi connectivity index (χ4v) is 3.67. The van der Waals surface area contributed by atoms with Crippen LogP contribution in [0.1, 0.15) is 45.6 Å². The Bertz CT molecular complexity index is 553. The molecule has 1 rings (SSSR count). The van der Waals surface area contributed by atoms with Crippen molar-refractivity contribution in [3.63, 3.8) is 0 Å². The molecule has 0 saturated carbocycles. The third kappa shape index (κ3) is 4.38. The van der Waals surface area contributed by atoms with Crippen molar-refractivity contribution in [3.8, 4) is 11.5 Å². The highest BCUT2D eigenvalue weighted by atomic mass is 32.2. The number of nitrogens with one attached hydrogen (secondary N) is 1. The number of hydrogen-bond acceptors (Lipinski definition) is 4. The second-order valence-corrected chi connectivity index (χ2v) is 6.84. The Labute approximate surface area is 120 Å². The van der Waals surface area contributed by atoms with Gasteiger partial charge in [0.05, 0.1) is 0 Å². The molecule has 20 heavy (non-hydrogen) atoms. The standard InChI is InChI=1S/C14H23NO4S/c1-4-5-6-7-11-8-12(16)9-13(17)14(11)20(18,19)15-10(2)3/h8-10,15-17H,4-7H2,1-3H3. The zero-order valence-electron chi connectivity index (χ0n) is 12.2. The molecule has 3 N–H and O–H groups in total. The molecule has 0 aliphatic rings. The number of sulfonamides is 1. The third-order valence-electron chi connectivity index (χ3n) is 2.84. The van der Waals surface area contributed by atoms with Gasteiger partial charge < -0.3 is 10.2 Å². The Balaban J connectivity index is 3.22. The Kier molecular flexibility index (Phi) is 5.83. The van der Waals surface area contributed by atoms with Gasteiger partial charge in [-0.05, 0) is 38.3 Å². The molecule has 1 aromatic carbocycles. The van der Waals surface area contributed by atoms with E-state index in [1.54, 1.807) is 13.8 Å². The lowest BCUT2D eigenvalue weighted by molar-refractivity contribution is 0.436. The van der Waals surface area contributed by atoms with Crippen LogP contribution in [0.15, 0.2) is 17.0 Å². The average Bonchev–Trinajstić information content (AvgIpc) is 2.25. The van der Waals surface area contributed by atoms with E-state index >= 15 is 0 Å². The Hall–Kier alpha value is -1.27. The van der Waals surface area contributed by atoms with Gasteiger partial charge in [0.2, 0.25) is 10.0 Å². The van der Waals surface area contributed by atoms with Crippen LogP contribution in [0, 0.1) is 0 Å². The highest BCUT2D eigenvalue weighted by molar-refractivity contribution is 7.89. The fourth-order valence-electron chi connectivity index (χ4n) is 2.09. The molecule has 0 saturated heterocycles. The van der Waals surface area contributed by atoms with Gasteiger partial charge in [0.25, 0.3) is 0 Å². The summed E-state index contributed by atoms with van der Waals surface area (Å²) in [6.45, 7) is 5.48. The smallest absolute Gasteiger partial charge is 0.244 e. The minimum absolute atomic E-state index is 0.125. The molecular weight excluding hydrogens is 278 g/mol. The summed E-state index contributed by atoms with van der Waals surface area (Å²) >= 11 is 0. The number of aromatic hydroxyl groups is 2. The highest BCUT2D eigenvalue weighted by Crippen LogP contribution is 2.32. The lowest BCUT2D eigenvalue weighted by Gasteiger charge is -2.15. The number of benzene rings is 1. The molecule has 114 valence electrons. The van der Waals surface area contributed by atoms with Crippen LogP contribution < -0.4 is 4.72 Å². The molecule has 0 fully saturated rings. The summed E-state index contributed by atoms with van der Waals surface area (Å²) in [4.78, 5) is -0.125. The predicted molar refractivity (Wildman–Crippen MR) is 78.5 cm³/mol. The van der Waals surface area contributed by atoms with E-state index in [0.717, 1.165) is 25.3 Å². The Morgan fingerprint density at radius 2 is 1.85 bits per heavy atom. The SMILES string of the molecule is CCCCCc1cc(O)cc(O)c1S(=O)(=O)NC(C)C. The second kappa shape index (κ2) is 6.95. The highest BCUT2D eigenvalue weighted by Gasteiger charge is 2.24. The quantitative estimate of drug-likeness (QED) is 0.675. The molecule has 0 amide bonds. The number of phenols is 2. The first-order valence-corrected chi connectivity index (χ1v) is 8.33. The molecular formula is C14H23NO4S. The predicted octanol–water partition coefficient (Wildman–Crippen LogP) is 2.52. The Morgan fingerprint density at radius 1 is 1.20 bits per heavy atom. The van der Waals surface area contributed by atoms with E-state index in [0.29, 0.717) is 12.0 Å². The number of aryl methyl sites for hydroxylation is 1. The maximum atomic E-state index is 12.3. The minimum Gasteiger partial charge on any atom is -0.508 e. The normalized spacial score (nSPS) is 12.0. The van der Waals surface area contributed by atoms with E-state index in [1.807, 2.05) is 0 Å². The van der Waals surface area contributed by atoms with Crippen molar-refractivity contribution < 1.29 is 18.6 Å². The molecule has 0 bridgehead atoms. The van der Waals surface area contributed by atoms with Crippen molar-refractivity contribution in [1.29, 1.82) is 0 Å². The van der Waals surface area contributed by atoms with Crippen molar-refractivity contribution in [2.75, 3.05) is 0 Å². The number of unbranched alkanes of at least 4 members (excludes halogenated alkanes) is 2. The van der Waals surface area contributed by atoms with Crippen LogP contribution in [-0.4, -0.2) is 24.7 Å². The summed E-state index contributed by atoms with van der Waals surface area (Å²) in [5.74, 6) is -0.540. The Morgan fingerprint density at radius 3 is 2.40 bits per heavy atom. The van der Waals surface area contributed by atoms with Crippen molar-refractivity contribution in [2.45, 2.75) is 57.4 Å². The second-order valence-electron chi connectivity index (χ2n) is 5.19. The monoisotopic (exact) mass is 301 g/mol. The number of rotatable bonds is 7. The minimum atomic E-state index is -3.79. The molecule has 0 unspecified atom stereocenters. The number of phenolic OH excluding ortho intramolecular Hbond substituents is 2. The summed E-state index contributed by atoms with van der Waals surface area (Å²) in [5, 5.41) is 19.4. The largest absolute Gasteiger partial charge is 0.508 e. The van der Waals surface area contributed by atoms with Crippen LogP contribution in [-0.2, 0) is 16.4 Å². The summed E-state index contributed by atoms with van der Waals surface area (Å²) in [7, 11) is -3.79. The van der Waals surface area contributed by atoms with Gasteiger partial charge in [0, 0.05) is 12.1 Å². The van der Waals surface area contributed by atoms with Crippen LogP contribution in [0.25, 0.3) is 0 Å². The molecule has 0 radical (unpaired) electrons. The van der Waals surface area contributed by atoms with Gasteiger partial charge in [-0.15, -0.1) is 0 Å². The fraction of sp³-hybridized carbons (Fsp3) is 0.571. The maximum absolute atomic E-state index is 12.3. The van der Waals surface area contributed by atoms with E-state index in [4.69, 9.17) is 0 Å². The molecule has 0 heterocycles. The first kappa shape index (κ1) is 16.8. The first-order valence-electron chi connectivity index (χ1n) is 6.85. The van der Waals surface area contributed by atoms with Gasteiger partial charge in [-0.2, -0.15) is 0 Å². The van der Waals surface area contributed by atoms with Crippen molar-refractivity contribution in [3.05, 3.63) is 17.7 Å². The zero-order valence-corrected chi connectivity index (χ0v) is 13.0. The van der Waals surface area contributed by atoms with Crippen LogP contribution in [0.4, 0.5) is 0 Å². The zero-order chi connectivity index (χ0) is 15.3. The van der Waals surface area contributed by atoms with Gasteiger partial charge in [-0.1, -0.05) is 19.8 Å². The van der Waals surface area contributed by atoms with Crippen molar-refractivity contribution >= 4 is 10.0 Å². The molecule has 0 aromatic heterocycles. The summed E-state index contributed by atoms with van der Waals surface area (Å²) < 4.78 is 27.0. The molecule has 1 aromatic rings. The lowest BCUT2D eigenvalue weighted by atomic mass is 10.1. The van der Waals surface area contributed by atoms with Crippen molar-refractivity contribution in [2.24, 2.45) is 0 Å². The molecule has 6 heteroatoms. The summed E-state index contributed by atoms with van der Waals surface area (Å²) in [6, 6.07) is 2.19. The topological polar surface area (TPSA) is 86.6 Å². The van der Waals surface area contributed by atoms with Gasteiger partial charge in [0.15, 0.2) is 0 Å². The van der Waals surface area contributed by atoms with E-state index in [1.165, 1.54) is 6.07 Å². The number of hydrogen-bond donors (Lipinski definition) is 3. The molecule has 0 aliphatic heterocycles. The molecule has 5 nitrogen and oxygen atoms in total. The molecule has 0 aliphatic carbocycles. The van der Waals surface area contributed by atoms with Crippen LogP contribution in [0.5, 0.6) is 11.5 Å². The van der Waals surface area contributed by atoms with Crippen LogP contribution in [0.2, 0.25) is 0 Å². The van der Waals surface area contributed by atoms with Gasteiger partial charge >= 0.3 is 0 Å². The molecule has 0 atom stereocenters. The third-order valence-corrected chi connectivity index (χ3v) is 4.63. The first-order chi connectivity index (χ1) is 9.27. The van der Waals surface area contributed by atoms with Crippen LogP contribution in [0.3, 0.4) is 0 Å². The van der Waals surface area contributed by atoms with Gasteiger partial charge in [-0.3, -0.25) is 0 Å². The summed E-state index contributed by atoms with van der Waals surface area (Å²) in [5.41, 5.74) is 0.448. The van der Waals surface area contributed by atoms with E-state index < -0.39 is 15.8 Å². The van der Waals surface area contributed by atoms with E-state index in [2.05, 4.69) is 11.6 Å². The van der Waals surface area contributed by atoms with Gasteiger partial charge in [-0.25, -0.2) is 13.1 Å².